The summed E-state index contributed by atoms with van der Waals surface area (Å²) in [5.41, 5.74) is 0.975. The first kappa shape index (κ1) is 19.4. The molecule has 0 atom stereocenters. The van der Waals surface area contributed by atoms with Gasteiger partial charge in [0.15, 0.2) is 5.96 Å². The van der Waals surface area contributed by atoms with Crippen LogP contribution in [-0.4, -0.2) is 60.1 Å². The van der Waals surface area contributed by atoms with Gasteiger partial charge in [-0.25, -0.2) is 12.7 Å². The molecule has 0 aromatic heterocycles. The highest BCUT2D eigenvalue weighted by atomic mass is 32.2. The second-order valence-electron chi connectivity index (χ2n) is 5.13. The summed E-state index contributed by atoms with van der Waals surface area (Å²) in [6.07, 6.45) is 0.897. The maximum Gasteiger partial charge on any atom is 0.242 e. The lowest BCUT2D eigenvalue weighted by Crippen LogP contribution is -2.37. The molecule has 0 unspecified atom stereocenters. The molecular weight excluding hydrogens is 316 g/mol. The van der Waals surface area contributed by atoms with Gasteiger partial charge in [-0.1, -0.05) is 12.1 Å². The summed E-state index contributed by atoms with van der Waals surface area (Å²) in [5, 5.41) is 6.36. The summed E-state index contributed by atoms with van der Waals surface area (Å²) in [6, 6.07) is 6.81. The summed E-state index contributed by atoms with van der Waals surface area (Å²) < 4.78 is 30.2. The van der Waals surface area contributed by atoms with Gasteiger partial charge in [-0.2, -0.15) is 0 Å². The molecule has 0 spiro atoms. The van der Waals surface area contributed by atoms with Crippen LogP contribution in [0.15, 0.2) is 34.2 Å². The fourth-order valence-corrected chi connectivity index (χ4v) is 2.72. The van der Waals surface area contributed by atoms with E-state index in [1.807, 2.05) is 0 Å². The van der Waals surface area contributed by atoms with Gasteiger partial charge >= 0.3 is 0 Å². The number of guanidine groups is 1. The number of hydrogen-bond donors (Lipinski definition) is 2. The van der Waals surface area contributed by atoms with Crippen LogP contribution in [0.25, 0.3) is 0 Å². The molecule has 8 heteroatoms. The molecule has 0 aliphatic carbocycles. The SMILES string of the molecule is CN=C(NCCCOC)NCc1ccc(S(=O)(=O)N(C)C)cc1. The Morgan fingerprint density at radius 1 is 1.22 bits per heavy atom. The highest BCUT2D eigenvalue weighted by Gasteiger charge is 2.16. The van der Waals surface area contributed by atoms with Crippen molar-refractivity contribution < 1.29 is 13.2 Å². The van der Waals surface area contributed by atoms with E-state index in [-0.39, 0.29) is 4.90 Å². The Morgan fingerprint density at radius 2 is 1.87 bits per heavy atom. The van der Waals surface area contributed by atoms with Crippen molar-refractivity contribution in [1.82, 2.24) is 14.9 Å². The lowest BCUT2D eigenvalue weighted by atomic mass is 10.2. The van der Waals surface area contributed by atoms with Gasteiger partial charge in [0.05, 0.1) is 4.90 Å². The van der Waals surface area contributed by atoms with Gasteiger partial charge in [-0.05, 0) is 24.1 Å². The first-order chi connectivity index (χ1) is 10.9. The maximum absolute atomic E-state index is 12.0. The highest BCUT2D eigenvalue weighted by Crippen LogP contribution is 2.13. The van der Waals surface area contributed by atoms with Gasteiger partial charge in [0, 0.05) is 47.9 Å². The number of hydrogen-bond acceptors (Lipinski definition) is 4. The molecule has 2 N–H and O–H groups in total. The molecule has 1 aromatic carbocycles. The van der Waals surface area contributed by atoms with E-state index >= 15 is 0 Å². The van der Waals surface area contributed by atoms with Crippen molar-refractivity contribution in [3.05, 3.63) is 29.8 Å². The number of rotatable bonds is 8. The number of aliphatic imine (C=N–C) groups is 1. The third kappa shape index (κ3) is 6.17. The maximum atomic E-state index is 12.0. The molecule has 0 bridgehead atoms. The molecule has 1 rings (SSSR count). The molecule has 0 aliphatic rings. The summed E-state index contributed by atoms with van der Waals surface area (Å²) >= 11 is 0. The largest absolute Gasteiger partial charge is 0.385 e. The van der Waals surface area contributed by atoms with E-state index < -0.39 is 10.0 Å². The molecule has 0 saturated heterocycles. The summed E-state index contributed by atoms with van der Waals surface area (Å²) in [4.78, 5) is 4.42. The third-order valence-corrected chi connectivity index (χ3v) is 5.03. The van der Waals surface area contributed by atoms with Crippen LogP contribution in [0.4, 0.5) is 0 Å². The zero-order chi connectivity index (χ0) is 17.3. The molecule has 7 nitrogen and oxygen atoms in total. The van der Waals surface area contributed by atoms with E-state index in [0.717, 1.165) is 18.5 Å². The normalized spacial score (nSPS) is 12.5. The Hall–Kier alpha value is -1.64. The topological polar surface area (TPSA) is 83.0 Å². The van der Waals surface area contributed by atoms with Crippen molar-refractivity contribution in [2.24, 2.45) is 4.99 Å². The van der Waals surface area contributed by atoms with Crippen molar-refractivity contribution in [3.63, 3.8) is 0 Å². The Morgan fingerprint density at radius 3 is 2.39 bits per heavy atom. The first-order valence-corrected chi connectivity index (χ1v) is 8.80. The van der Waals surface area contributed by atoms with Crippen molar-refractivity contribution in [2.75, 3.05) is 41.4 Å². The van der Waals surface area contributed by atoms with Crippen LogP contribution in [0.1, 0.15) is 12.0 Å². The number of nitrogens with zero attached hydrogens (tertiary/aromatic N) is 2. The fourth-order valence-electron chi connectivity index (χ4n) is 1.82. The number of nitrogens with one attached hydrogen (secondary N) is 2. The predicted octanol–water partition coefficient (Wildman–Crippen LogP) is 0.638. The minimum Gasteiger partial charge on any atom is -0.385 e. The minimum absolute atomic E-state index is 0.285. The zero-order valence-electron chi connectivity index (χ0n) is 14.2. The lowest BCUT2D eigenvalue weighted by Gasteiger charge is -2.13. The Kier molecular flexibility index (Phi) is 8.01. The van der Waals surface area contributed by atoms with Gasteiger partial charge in [-0.3, -0.25) is 4.99 Å². The summed E-state index contributed by atoms with van der Waals surface area (Å²) in [7, 11) is 3.03. The number of sulfonamides is 1. The van der Waals surface area contributed by atoms with Crippen LogP contribution in [0.3, 0.4) is 0 Å². The zero-order valence-corrected chi connectivity index (χ0v) is 15.0. The third-order valence-electron chi connectivity index (χ3n) is 3.20. The lowest BCUT2D eigenvalue weighted by molar-refractivity contribution is 0.195. The van der Waals surface area contributed by atoms with Gasteiger partial charge < -0.3 is 15.4 Å². The number of benzene rings is 1. The predicted molar refractivity (Wildman–Crippen MR) is 92.0 cm³/mol. The molecule has 130 valence electrons. The van der Waals surface area contributed by atoms with E-state index in [0.29, 0.717) is 19.1 Å². The molecule has 0 saturated carbocycles. The van der Waals surface area contributed by atoms with Crippen LogP contribution in [0.5, 0.6) is 0 Å². The van der Waals surface area contributed by atoms with Crippen LogP contribution in [0, 0.1) is 0 Å². The van der Waals surface area contributed by atoms with Gasteiger partial charge in [0.2, 0.25) is 10.0 Å². The molecular formula is C15H26N4O3S. The van der Waals surface area contributed by atoms with Crippen LogP contribution in [0.2, 0.25) is 0 Å². The van der Waals surface area contributed by atoms with Crippen LogP contribution >= 0.6 is 0 Å². The molecule has 0 aliphatic heterocycles. The minimum atomic E-state index is -3.38. The molecule has 0 heterocycles. The van der Waals surface area contributed by atoms with E-state index in [9.17, 15) is 8.42 Å². The Balaban J connectivity index is 2.55. The highest BCUT2D eigenvalue weighted by molar-refractivity contribution is 7.89. The van der Waals surface area contributed by atoms with Crippen molar-refractivity contribution >= 4 is 16.0 Å². The molecule has 23 heavy (non-hydrogen) atoms. The van der Waals surface area contributed by atoms with Crippen molar-refractivity contribution in [2.45, 2.75) is 17.9 Å². The molecule has 0 amide bonds. The monoisotopic (exact) mass is 342 g/mol. The average Bonchev–Trinajstić information content (AvgIpc) is 2.54. The summed E-state index contributed by atoms with van der Waals surface area (Å²) in [5.74, 6) is 0.700. The fraction of sp³-hybridized carbons (Fsp3) is 0.533. The Bertz CT molecular complexity index is 598. The van der Waals surface area contributed by atoms with E-state index in [2.05, 4.69) is 15.6 Å². The molecule has 1 aromatic rings. The first-order valence-electron chi connectivity index (χ1n) is 7.36. The van der Waals surface area contributed by atoms with E-state index in [4.69, 9.17) is 4.74 Å². The summed E-state index contributed by atoms with van der Waals surface area (Å²) in [6.45, 7) is 2.03. The number of ether oxygens (including phenoxy) is 1. The second kappa shape index (κ2) is 9.49. The molecule has 0 radical (unpaired) electrons. The van der Waals surface area contributed by atoms with Crippen molar-refractivity contribution in [1.29, 1.82) is 0 Å². The van der Waals surface area contributed by atoms with Crippen LogP contribution in [-0.2, 0) is 21.3 Å². The second-order valence-corrected chi connectivity index (χ2v) is 7.28. The van der Waals surface area contributed by atoms with E-state index in [1.54, 1.807) is 38.4 Å². The van der Waals surface area contributed by atoms with Crippen molar-refractivity contribution in [3.8, 4) is 0 Å². The number of methoxy groups -OCH3 is 1. The van der Waals surface area contributed by atoms with Gasteiger partial charge in [-0.15, -0.1) is 0 Å². The van der Waals surface area contributed by atoms with Gasteiger partial charge in [0.25, 0.3) is 0 Å². The van der Waals surface area contributed by atoms with Gasteiger partial charge in [0.1, 0.15) is 0 Å². The van der Waals surface area contributed by atoms with Crippen LogP contribution < -0.4 is 10.6 Å². The smallest absolute Gasteiger partial charge is 0.242 e. The molecule has 0 fully saturated rings. The van der Waals surface area contributed by atoms with E-state index in [1.165, 1.54) is 18.4 Å². The Labute approximate surface area is 138 Å². The standard InChI is InChI=1S/C15H26N4O3S/c1-16-15(17-10-5-11-22-4)18-12-13-6-8-14(9-7-13)23(20,21)19(2)3/h6-9H,5,10-12H2,1-4H3,(H2,16,17,18). The average molecular weight is 342 g/mol. The quantitative estimate of drug-likeness (QED) is 0.411.